The topological polar surface area (TPSA) is 50.4 Å². The predicted octanol–water partition coefficient (Wildman–Crippen LogP) is 4.73. The molecule has 2 amide bonds. The molecule has 4 nitrogen and oxygen atoms in total. The molecule has 0 spiro atoms. The summed E-state index contributed by atoms with van der Waals surface area (Å²) in [4.78, 5) is 12.1. The first-order valence-electron chi connectivity index (χ1n) is 7.15. The molecular formula is C17H19BrN2O2. The standard InChI is InChI=1S/C17H19BrN2O2/c1-3-22-14-8-6-7-13(11-14)20-17(21)19-12(2)15-9-4-5-10-16(15)18/h4-12H,3H2,1-2H3,(H2,19,20,21). The van der Waals surface area contributed by atoms with Crippen LogP contribution in [0.25, 0.3) is 0 Å². The van der Waals surface area contributed by atoms with Crippen LogP contribution in [0.2, 0.25) is 0 Å². The number of amides is 2. The second-order valence-electron chi connectivity index (χ2n) is 4.80. The van der Waals surface area contributed by atoms with Crippen molar-refractivity contribution in [1.29, 1.82) is 0 Å². The van der Waals surface area contributed by atoms with Crippen LogP contribution in [0.15, 0.2) is 53.0 Å². The van der Waals surface area contributed by atoms with Crippen molar-refractivity contribution in [3.63, 3.8) is 0 Å². The zero-order chi connectivity index (χ0) is 15.9. The molecule has 1 unspecified atom stereocenters. The van der Waals surface area contributed by atoms with Crippen LogP contribution in [-0.2, 0) is 0 Å². The van der Waals surface area contributed by atoms with E-state index in [1.165, 1.54) is 0 Å². The van der Waals surface area contributed by atoms with Gasteiger partial charge in [-0.2, -0.15) is 0 Å². The molecule has 2 rings (SSSR count). The van der Waals surface area contributed by atoms with Gasteiger partial charge in [0.15, 0.2) is 0 Å². The maximum Gasteiger partial charge on any atom is 0.319 e. The number of nitrogens with one attached hydrogen (secondary N) is 2. The van der Waals surface area contributed by atoms with Crippen molar-refractivity contribution in [3.8, 4) is 5.75 Å². The number of halogens is 1. The van der Waals surface area contributed by atoms with E-state index in [0.29, 0.717) is 12.3 Å². The normalized spacial score (nSPS) is 11.6. The molecule has 22 heavy (non-hydrogen) atoms. The third-order valence-corrected chi connectivity index (χ3v) is 3.84. The van der Waals surface area contributed by atoms with Gasteiger partial charge in [-0.15, -0.1) is 0 Å². The molecule has 0 aliphatic carbocycles. The molecule has 0 fully saturated rings. The maximum atomic E-state index is 12.1. The van der Waals surface area contributed by atoms with Crippen molar-refractivity contribution < 1.29 is 9.53 Å². The Morgan fingerprint density at radius 1 is 1.23 bits per heavy atom. The fourth-order valence-electron chi connectivity index (χ4n) is 2.10. The fourth-order valence-corrected chi connectivity index (χ4v) is 2.73. The van der Waals surface area contributed by atoms with E-state index in [1.807, 2.05) is 56.3 Å². The molecule has 0 aliphatic rings. The molecule has 0 bridgehead atoms. The second-order valence-corrected chi connectivity index (χ2v) is 5.66. The van der Waals surface area contributed by atoms with E-state index in [2.05, 4.69) is 26.6 Å². The Balaban J connectivity index is 1.98. The molecule has 116 valence electrons. The van der Waals surface area contributed by atoms with Crippen molar-refractivity contribution in [1.82, 2.24) is 5.32 Å². The average Bonchev–Trinajstić information content (AvgIpc) is 2.48. The average molecular weight is 363 g/mol. The molecule has 0 saturated carbocycles. The lowest BCUT2D eigenvalue weighted by Crippen LogP contribution is -2.31. The lowest BCUT2D eigenvalue weighted by Gasteiger charge is -2.16. The van der Waals surface area contributed by atoms with Crippen LogP contribution < -0.4 is 15.4 Å². The Kier molecular flexibility index (Phi) is 5.83. The third kappa shape index (κ3) is 4.49. The molecule has 0 heterocycles. The number of benzene rings is 2. The largest absolute Gasteiger partial charge is 0.494 e. The fraction of sp³-hybridized carbons (Fsp3) is 0.235. The number of carbonyl (C=O) groups excluding carboxylic acids is 1. The summed E-state index contributed by atoms with van der Waals surface area (Å²) in [5.74, 6) is 0.735. The van der Waals surface area contributed by atoms with Gasteiger partial charge in [-0.3, -0.25) is 0 Å². The highest BCUT2D eigenvalue weighted by Crippen LogP contribution is 2.23. The van der Waals surface area contributed by atoms with Crippen LogP contribution in [0, 0.1) is 0 Å². The van der Waals surface area contributed by atoms with Crippen LogP contribution in [0.3, 0.4) is 0 Å². The van der Waals surface area contributed by atoms with Crippen molar-refractivity contribution >= 4 is 27.6 Å². The van der Waals surface area contributed by atoms with Crippen molar-refractivity contribution in [3.05, 3.63) is 58.6 Å². The molecule has 2 aromatic carbocycles. The van der Waals surface area contributed by atoms with Crippen molar-refractivity contribution in [2.45, 2.75) is 19.9 Å². The second kappa shape index (κ2) is 7.84. The molecule has 2 aromatic rings. The number of urea groups is 1. The van der Waals surface area contributed by atoms with E-state index in [9.17, 15) is 4.79 Å². The summed E-state index contributed by atoms with van der Waals surface area (Å²) in [6, 6.07) is 14.8. The first kappa shape index (κ1) is 16.4. The van der Waals surface area contributed by atoms with Gasteiger partial charge >= 0.3 is 6.03 Å². The van der Waals surface area contributed by atoms with Gasteiger partial charge in [0, 0.05) is 16.2 Å². The van der Waals surface area contributed by atoms with E-state index in [-0.39, 0.29) is 12.1 Å². The maximum absolute atomic E-state index is 12.1. The van der Waals surface area contributed by atoms with Gasteiger partial charge < -0.3 is 15.4 Å². The summed E-state index contributed by atoms with van der Waals surface area (Å²) < 4.78 is 6.39. The van der Waals surface area contributed by atoms with Gasteiger partial charge in [0.2, 0.25) is 0 Å². The lowest BCUT2D eigenvalue weighted by molar-refractivity contribution is 0.249. The number of hydrogen-bond donors (Lipinski definition) is 2. The zero-order valence-electron chi connectivity index (χ0n) is 12.6. The minimum absolute atomic E-state index is 0.106. The Morgan fingerprint density at radius 3 is 2.73 bits per heavy atom. The van der Waals surface area contributed by atoms with Crippen LogP contribution in [0.5, 0.6) is 5.75 Å². The molecular weight excluding hydrogens is 344 g/mol. The summed E-state index contributed by atoms with van der Waals surface area (Å²) in [7, 11) is 0. The first-order chi connectivity index (χ1) is 10.6. The predicted molar refractivity (Wildman–Crippen MR) is 92.3 cm³/mol. The molecule has 5 heteroatoms. The van der Waals surface area contributed by atoms with E-state index < -0.39 is 0 Å². The summed E-state index contributed by atoms with van der Waals surface area (Å²) in [5, 5.41) is 5.73. The van der Waals surface area contributed by atoms with Gasteiger partial charge in [-0.1, -0.05) is 40.2 Å². The van der Waals surface area contributed by atoms with Gasteiger partial charge in [0.05, 0.1) is 12.6 Å². The number of carbonyl (C=O) groups is 1. The van der Waals surface area contributed by atoms with Gasteiger partial charge in [-0.25, -0.2) is 4.79 Å². The summed E-state index contributed by atoms with van der Waals surface area (Å²) in [5.41, 5.74) is 1.73. The summed E-state index contributed by atoms with van der Waals surface area (Å²) >= 11 is 3.49. The summed E-state index contributed by atoms with van der Waals surface area (Å²) in [6.45, 7) is 4.46. The van der Waals surface area contributed by atoms with Crippen LogP contribution >= 0.6 is 15.9 Å². The zero-order valence-corrected chi connectivity index (χ0v) is 14.2. The van der Waals surface area contributed by atoms with Gasteiger partial charge in [0.25, 0.3) is 0 Å². The molecule has 0 saturated heterocycles. The van der Waals surface area contributed by atoms with Crippen molar-refractivity contribution in [2.75, 3.05) is 11.9 Å². The smallest absolute Gasteiger partial charge is 0.319 e. The highest BCUT2D eigenvalue weighted by atomic mass is 79.9. The Morgan fingerprint density at radius 2 is 2.00 bits per heavy atom. The monoisotopic (exact) mass is 362 g/mol. The lowest BCUT2D eigenvalue weighted by atomic mass is 10.1. The van der Waals surface area contributed by atoms with E-state index >= 15 is 0 Å². The molecule has 2 N–H and O–H groups in total. The number of ether oxygens (including phenoxy) is 1. The van der Waals surface area contributed by atoms with Gasteiger partial charge in [0.1, 0.15) is 5.75 Å². The van der Waals surface area contributed by atoms with Crippen LogP contribution in [0.1, 0.15) is 25.5 Å². The Bertz CT molecular complexity index is 646. The molecule has 0 radical (unpaired) electrons. The van der Waals surface area contributed by atoms with E-state index in [1.54, 1.807) is 6.07 Å². The Hall–Kier alpha value is -2.01. The Labute approximate surface area is 139 Å². The van der Waals surface area contributed by atoms with Crippen LogP contribution in [0.4, 0.5) is 10.5 Å². The third-order valence-electron chi connectivity index (χ3n) is 3.12. The van der Waals surface area contributed by atoms with Crippen LogP contribution in [-0.4, -0.2) is 12.6 Å². The highest BCUT2D eigenvalue weighted by molar-refractivity contribution is 9.10. The number of hydrogen-bond acceptors (Lipinski definition) is 2. The van der Waals surface area contributed by atoms with E-state index in [4.69, 9.17) is 4.74 Å². The minimum atomic E-state index is -0.253. The molecule has 1 atom stereocenters. The first-order valence-corrected chi connectivity index (χ1v) is 7.94. The van der Waals surface area contributed by atoms with E-state index in [0.717, 1.165) is 15.8 Å². The quantitative estimate of drug-likeness (QED) is 0.807. The minimum Gasteiger partial charge on any atom is -0.494 e. The van der Waals surface area contributed by atoms with Crippen molar-refractivity contribution in [2.24, 2.45) is 0 Å². The molecule has 0 aromatic heterocycles. The van der Waals surface area contributed by atoms with Gasteiger partial charge in [-0.05, 0) is 37.6 Å². The number of anilines is 1. The highest BCUT2D eigenvalue weighted by Gasteiger charge is 2.12. The summed E-state index contributed by atoms with van der Waals surface area (Å²) in [6.07, 6.45) is 0. The number of rotatable bonds is 5. The molecule has 0 aliphatic heterocycles. The SMILES string of the molecule is CCOc1cccc(NC(=O)NC(C)c2ccccc2Br)c1.